The van der Waals surface area contributed by atoms with Crippen LogP contribution >= 0.6 is 0 Å². The molecule has 0 unspecified atom stereocenters. The molecule has 3 heterocycles. The largest absolute Gasteiger partial charge is 0.340 e. The van der Waals surface area contributed by atoms with Crippen molar-refractivity contribution in [1.29, 1.82) is 0 Å². The van der Waals surface area contributed by atoms with Crippen LogP contribution in [0.1, 0.15) is 23.2 Å². The SMILES string of the molecule is CN(CCF)c1nc2cc(-c3c(C(=O)N(C)C4CC4)cnn3C)ccn2n1. The molecule has 4 rings (SSSR count). The van der Waals surface area contributed by atoms with E-state index in [2.05, 4.69) is 15.2 Å². The highest BCUT2D eigenvalue weighted by Gasteiger charge is 2.32. The Balaban J connectivity index is 1.72. The van der Waals surface area contributed by atoms with E-state index >= 15 is 0 Å². The van der Waals surface area contributed by atoms with Gasteiger partial charge >= 0.3 is 0 Å². The fraction of sp³-hybridized carbons (Fsp3) is 0.444. The molecule has 9 heteroatoms. The molecule has 1 aliphatic rings. The fourth-order valence-electron chi connectivity index (χ4n) is 3.16. The lowest BCUT2D eigenvalue weighted by Crippen LogP contribution is -2.28. The molecule has 27 heavy (non-hydrogen) atoms. The van der Waals surface area contributed by atoms with Gasteiger partial charge in [-0.15, -0.1) is 5.10 Å². The van der Waals surface area contributed by atoms with Gasteiger partial charge in [-0.05, 0) is 25.0 Å². The monoisotopic (exact) mass is 371 g/mol. The zero-order valence-corrected chi connectivity index (χ0v) is 15.6. The van der Waals surface area contributed by atoms with E-state index in [-0.39, 0.29) is 12.5 Å². The number of amides is 1. The van der Waals surface area contributed by atoms with E-state index in [0.29, 0.717) is 23.2 Å². The molecule has 0 saturated heterocycles. The van der Waals surface area contributed by atoms with Crippen LogP contribution < -0.4 is 4.90 Å². The van der Waals surface area contributed by atoms with Gasteiger partial charge in [-0.1, -0.05) is 0 Å². The summed E-state index contributed by atoms with van der Waals surface area (Å²) < 4.78 is 15.9. The Morgan fingerprint density at radius 2 is 2.15 bits per heavy atom. The smallest absolute Gasteiger partial charge is 0.257 e. The molecular formula is C18H22FN7O. The minimum absolute atomic E-state index is 0.0229. The summed E-state index contributed by atoms with van der Waals surface area (Å²) in [7, 11) is 5.41. The standard InChI is InChI=1S/C18H22FN7O/c1-23(9-7-19)18-21-15-10-12(6-8-26(15)22-18)16-14(11-20-25(16)3)17(27)24(2)13-4-5-13/h6,8,10-11,13H,4-5,7,9H2,1-3H3. The number of fused-ring (bicyclic) bond motifs is 1. The number of hydrogen-bond acceptors (Lipinski definition) is 5. The van der Waals surface area contributed by atoms with Crippen molar-refractivity contribution in [2.24, 2.45) is 7.05 Å². The van der Waals surface area contributed by atoms with Crippen LogP contribution in [0.15, 0.2) is 24.5 Å². The first-order chi connectivity index (χ1) is 13.0. The van der Waals surface area contributed by atoms with Crippen LogP contribution in [-0.4, -0.2) is 68.5 Å². The molecule has 1 aliphatic carbocycles. The molecule has 1 saturated carbocycles. The minimum atomic E-state index is -0.466. The van der Waals surface area contributed by atoms with Gasteiger partial charge in [0.1, 0.15) is 6.67 Å². The van der Waals surface area contributed by atoms with Crippen LogP contribution in [0, 0.1) is 0 Å². The van der Waals surface area contributed by atoms with Crippen molar-refractivity contribution in [3.63, 3.8) is 0 Å². The maximum Gasteiger partial charge on any atom is 0.257 e. The number of hydrogen-bond donors (Lipinski definition) is 0. The van der Waals surface area contributed by atoms with Crippen molar-refractivity contribution in [1.82, 2.24) is 29.3 Å². The van der Waals surface area contributed by atoms with Crippen LogP contribution in [0.2, 0.25) is 0 Å². The summed E-state index contributed by atoms with van der Waals surface area (Å²) in [5.41, 5.74) is 2.78. The maximum atomic E-state index is 12.9. The number of halogens is 1. The number of alkyl halides is 1. The molecule has 8 nitrogen and oxygen atoms in total. The molecule has 142 valence electrons. The Bertz CT molecular complexity index is 991. The predicted molar refractivity (Wildman–Crippen MR) is 99.5 cm³/mol. The summed E-state index contributed by atoms with van der Waals surface area (Å²) in [6.07, 6.45) is 5.51. The first-order valence-electron chi connectivity index (χ1n) is 8.92. The summed E-state index contributed by atoms with van der Waals surface area (Å²) in [4.78, 5) is 20.8. The second-order valence-electron chi connectivity index (χ2n) is 6.92. The van der Waals surface area contributed by atoms with E-state index in [4.69, 9.17) is 0 Å². The molecule has 3 aromatic rings. The van der Waals surface area contributed by atoms with E-state index in [9.17, 15) is 9.18 Å². The number of aryl methyl sites for hydroxylation is 1. The number of nitrogens with zero attached hydrogens (tertiary/aromatic N) is 7. The third-order valence-electron chi connectivity index (χ3n) is 4.95. The van der Waals surface area contributed by atoms with Crippen LogP contribution in [0.4, 0.5) is 10.3 Å². The predicted octanol–water partition coefficient (Wildman–Crippen LogP) is 1.77. The number of carbonyl (C=O) groups excluding carboxylic acids is 1. The van der Waals surface area contributed by atoms with Crippen LogP contribution in [0.5, 0.6) is 0 Å². The van der Waals surface area contributed by atoms with Crippen molar-refractivity contribution < 1.29 is 9.18 Å². The van der Waals surface area contributed by atoms with Crippen molar-refractivity contribution >= 4 is 17.5 Å². The molecule has 0 aliphatic heterocycles. The number of anilines is 1. The highest BCUT2D eigenvalue weighted by atomic mass is 19.1. The molecule has 3 aromatic heterocycles. The van der Waals surface area contributed by atoms with Gasteiger partial charge in [0, 0.05) is 45.5 Å². The third kappa shape index (κ3) is 3.13. The quantitative estimate of drug-likeness (QED) is 0.660. The highest BCUT2D eigenvalue weighted by molar-refractivity contribution is 6.00. The van der Waals surface area contributed by atoms with Crippen LogP contribution in [0.25, 0.3) is 16.9 Å². The van der Waals surface area contributed by atoms with Gasteiger partial charge in [0.05, 0.1) is 17.5 Å². The average molecular weight is 371 g/mol. The van der Waals surface area contributed by atoms with Crippen molar-refractivity contribution in [3.05, 3.63) is 30.1 Å². The van der Waals surface area contributed by atoms with Crippen LogP contribution in [0.3, 0.4) is 0 Å². The minimum Gasteiger partial charge on any atom is -0.340 e. The molecule has 1 fully saturated rings. The van der Waals surface area contributed by atoms with E-state index in [1.54, 1.807) is 38.4 Å². The Hall–Kier alpha value is -2.97. The van der Waals surface area contributed by atoms with Gasteiger partial charge in [0.15, 0.2) is 5.65 Å². The van der Waals surface area contributed by atoms with Crippen LogP contribution in [-0.2, 0) is 7.05 Å². The first-order valence-corrected chi connectivity index (χ1v) is 8.92. The van der Waals surface area contributed by atoms with Crippen molar-refractivity contribution in [3.8, 4) is 11.3 Å². The Morgan fingerprint density at radius 1 is 1.37 bits per heavy atom. The maximum absolute atomic E-state index is 12.9. The summed E-state index contributed by atoms with van der Waals surface area (Å²) in [5.74, 6) is 0.435. The van der Waals surface area contributed by atoms with Gasteiger partial charge in [-0.2, -0.15) is 10.1 Å². The first kappa shape index (κ1) is 17.4. The van der Waals surface area contributed by atoms with E-state index < -0.39 is 6.67 Å². The highest BCUT2D eigenvalue weighted by Crippen LogP contribution is 2.30. The number of carbonyl (C=O) groups is 1. The topological polar surface area (TPSA) is 71.6 Å². The molecule has 0 bridgehead atoms. The van der Waals surface area contributed by atoms with Gasteiger partial charge in [0.25, 0.3) is 5.91 Å². The summed E-state index contributed by atoms with van der Waals surface area (Å²) >= 11 is 0. The molecular weight excluding hydrogens is 349 g/mol. The lowest BCUT2D eigenvalue weighted by molar-refractivity contribution is 0.0786. The Labute approximate surface area is 156 Å². The lowest BCUT2D eigenvalue weighted by Gasteiger charge is -2.16. The summed E-state index contributed by atoms with van der Waals surface area (Å²) in [6.45, 7) is -0.232. The zero-order valence-electron chi connectivity index (χ0n) is 15.6. The van der Waals surface area contributed by atoms with Crippen molar-refractivity contribution in [2.45, 2.75) is 18.9 Å². The second kappa shape index (κ2) is 6.64. The van der Waals surface area contributed by atoms with Crippen molar-refractivity contribution in [2.75, 3.05) is 32.2 Å². The zero-order chi connectivity index (χ0) is 19.1. The number of aromatic nitrogens is 5. The molecule has 0 aromatic carbocycles. The normalized spacial score (nSPS) is 13.9. The third-order valence-corrected chi connectivity index (χ3v) is 4.95. The molecule has 1 amide bonds. The van der Waals surface area contributed by atoms with E-state index in [1.807, 2.05) is 26.2 Å². The molecule has 0 radical (unpaired) electrons. The van der Waals surface area contributed by atoms with E-state index in [1.165, 1.54) is 0 Å². The number of rotatable bonds is 6. The van der Waals surface area contributed by atoms with Gasteiger partial charge < -0.3 is 9.80 Å². The second-order valence-corrected chi connectivity index (χ2v) is 6.92. The summed E-state index contributed by atoms with van der Waals surface area (Å²) in [5, 5.41) is 8.65. The summed E-state index contributed by atoms with van der Waals surface area (Å²) in [6, 6.07) is 4.08. The number of pyridine rings is 1. The van der Waals surface area contributed by atoms with Gasteiger partial charge in [-0.25, -0.2) is 8.91 Å². The van der Waals surface area contributed by atoms with Gasteiger partial charge in [-0.3, -0.25) is 9.48 Å². The fourth-order valence-corrected chi connectivity index (χ4v) is 3.16. The lowest BCUT2D eigenvalue weighted by atomic mass is 10.1. The van der Waals surface area contributed by atoms with Gasteiger partial charge in [0.2, 0.25) is 5.95 Å². The molecule has 0 N–H and O–H groups in total. The molecule has 0 spiro atoms. The Kier molecular flexibility index (Phi) is 4.29. The average Bonchev–Trinajstić information content (AvgIpc) is 3.30. The van der Waals surface area contributed by atoms with E-state index in [0.717, 1.165) is 24.1 Å². The Morgan fingerprint density at radius 3 is 2.85 bits per heavy atom. The molecule has 0 atom stereocenters.